The molecule has 2 N–H and O–H groups in total. The van der Waals surface area contributed by atoms with Crippen molar-refractivity contribution in [2.24, 2.45) is 17.6 Å². The third-order valence-electron chi connectivity index (χ3n) is 4.88. The molecule has 0 bridgehead atoms. The topological polar surface area (TPSA) is 35.2 Å². The molecule has 1 aromatic rings. The second-order valence-electron chi connectivity index (χ2n) is 6.49. The lowest BCUT2D eigenvalue weighted by Gasteiger charge is -2.36. The summed E-state index contributed by atoms with van der Waals surface area (Å²) in [6.07, 6.45) is 7.69. The molecule has 0 radical (unpaired) electrons. The zero-order valence-electron chi connectivity index (χ0n) is 13.7. The summed E-state index contributed by atoms with van der Waals surface area (Å²) in [4.78, 5) is 0. The Labute approximate surface area is 130 Å². The van der Waals surface area contributed by atoms with E-state index in [2.05, 4.69) is 38.1 Å². The van der Waals surface area contributed by atoms with Gasteiger partial charge in [-0.05, 0) is 61.3 Å². The summed E-state index contributed by atoms with van der Waals surface area (Å²) in [6, 6.07) is 8.77. The Morgan fingerprint density at radius 1 is 1.10 bits per heavy atom. The van der Waals surface area contributed by atoms with Crippen molar-refractivity contribution in [3.8, 4) is 5.75 Å². The third kappa shape index (κ3) is 4.47. The Balaban J connectivity index is 2.05. The van der Waals surface area contributed by atoms with Gasteiger partial charge < -0.3 is 10.5 Å². The molecule has 2 nitrogen and oxygen atoms in total. The molecule has 0 amide bonds. The van der Waals surface area contributed by atoms with Gasteiger partial charge in [0.25, 0.3) is 0 Å². The highest BCUT2D eigenvalue weighted by molar-refractivity contribution is 5.30. The maximum Gasteiger partial charge on any atom is 0.119 e. The molecule has 1 fully saturated rings. The van der Waals surface area contributed by atoms with Gasteiger partial charge in [-0.2, -0.15) is 0 Å². The fourth-order valence-corrected chi connectivity index (χ4v) is 3.71. The number of hydrogen-bond acceptors (Lipinski definition) is 2. The van der Waals surface area contributed by atoms with E-state index < -0.39 is 0 Å². The zero-order chi connectivity index (χ0) is 15.1. The van der Waals surface area contributed by atoms with Crippen LogP contribution in [0.3, 0.4) is 0 Å². The lowest BCUT2D eigenvalue weighted by molar-refractivity contribution is 0.230. The van der Waals surface area contributed by atoms with Crippen molar-refractivity contribution in [3.05, 3.63) is 29.8 Å². The van der Waals surface area contributed by atoms with Crippen LogP contribution in [0.1, 0.15) is 63.9 Å². The van der Waals surface area contributed by atoms with Gasteiger partial charge in [-0.25, -0.2) is 0 Å². The molecule has 3 atom stereocenters. The van der Waals surface area contributed by atoms with Crippen LogP contribution in [0.2, 0.25) is 0 Å². The molecule has 0 saturated heterocycles. The first-order valence-electron chi connectivity index (χ1n) is 8.71. The van der Waals surface area contributed by atoms with Gasteiger partial charge in [0.1, 0.15) is 5.75 Å². The summed E-state index contributed by atoms with van der Waals surface area (Å²) in [5.41, 5.74) is 7.48. The Kier molecular flexibility index (Phi) is 6.56. The molecule has 3 unspecified atom stereocenters. The standard InChI is InChI=1S/C19H31NO/c1-3-5-15-6-7-17(14-20)19(13-15)16-8-10-18(11-9-16)21-12-4-2/h8-11,15,17,19H,3-7,12-14,20H2,1-2H3. The molecule has 0 aliphatic heterocycles. The molecule has 1 aliphatic carbocycles. The molecule has 118 valence electrons. The number of ether oxygens (including phenoxy) is 1. The summed E-state index contributed by atoms with van der Waals surface area (Å²) < 4.78 is 5.69. The van der Waals surface area contributed by atoms with Crippen molar-refractivity contribution in [2.75, 3.05) is 13.2 Å². The van der Waals surface area contributed by atoms with Crippen LogP contribution in [0.4, 0.5) is 0 Å². The minimum atomic E-state index is 0.639. The van der Waals surface area contributed by atoms with Crippen LogP contribution in [0, 0.1) is 11.8 Å². The minimum absolute atomic E-state index is 0.639. The van der Waals surface area contributed by atoms with Crippen LogP contribution in [0.25, 0.3) is 0 Å². The molecular formula is C19H31NO. The molecule has 2 heteroatoms. The SMILES string of the molecule is CCCOc1ccc(C2CC(CCC)CCC2CN)cc1. The Hall–Kier alpha value is -1.02. The van der Waals surface area contributed by atoms with E-state index in [4.69, 9.17) is 10.5 Å². The number of rotatable bonds is 7. The van der Waals surface area contributed by atoms with E-state index in [-0.39, 0.29) is 0 Å². The van der Waals surface area contributed by atoms with Gasteiger partial charge in [-0.15, -0.1) is 0 Å². The molecule has 1 saturated carbocycles. The molecule has 0 heterocycles. The highest BCUT2D eigenvalue weighted by Crippen LogP contribution is 2.42. The third-order valence-corrected chi connectivity index (χ3v) is 4.88. The van der Waals surface area contributed by atoms with E-state index in [0.717, 1.165) is 31.2 Å². The van der Waals surface area contributed by atoms with Gasteiger partial charge in [0, 0.05) is 0 Å². The molecule has 2 rings (SSSR count). The van der Waals surface area contributed by atoms with Gasteiger partial charge in [0.2, 0.25) is 0 Å². The lowest BCUT2D eigenvalue weighted by atomic mass is 9.70. The predicted molar refractivity (Wildman–Crippen MR) is 89.8 cm³/mol. The van der Waals surface area contributed by atoms with Gasteiger partial charge in [0.15, 0.2) is 0 Å². The molecule has 1 aromatic carbocycles. The quantitative estimate of drug-likeness (QED) is 0.787. The number of hydrogen-bond donors (Lipinski definition) is 1. The van der Waals surface area contributed by atoms with Crippen molar-refractivity contribution in [2.45, 2.75) is 58.3 Å². The maximum absolute atomic E-state index is 6.02. The molecular weight excluding hydrogens is 258 g/mol. The van der Waals surface area contributed by atoms with E-state index in [9.17, 15) is 0 Å². The lowest BCUT2D eigenvalue weighted by Crippen LogP contribution is -2.29. The summed E-state index contributed by atoms with van der Waals surface area (Å²) in [5, 5.41) is 0. The first kappa shape index (κ1) is 16.4. The van der Waals surface area contributed by atoms with E-state index in [1.54, 1.807) is 0 Å². The average Bonchev–Trinajstić information content (AvgIpc) is 2.53. The van der Waals surface area contributed by atoms with E-state index in [1.165, 1.54) is 37.7 Å². The van der Waals surface area contributed by atoms with Crippen LogP contribution in [0.5, 0.6) is 5.75 Å². The van der Waals surface area contributed by atoms with Gasteiger partial charge in [0.05, 0.1) is 6.61 Å². The van der Waals surface area contributed by atoms with Crippen molar-refractivity contribution < 1.29 is 4.74 Å². The van der Waals surface area contributed by atoms with Crippen LogP contribution in [-0.4, -0.2) is 13.2 Å². The van der Waals surface area contributed by atoms with Crippen LogP contribution >= 0.6 is 0 Å². The minimum Gasteiger partial charge on any atom is -0.494 e. The van der Waals surface area contributed by atoms with Crippen LogP contribution in [0.15, 0.2) is 24.3 Å². The smallest absolute Gasteiger partial charge is 0.119 e. The molecule has 21 heavy (non-hydrogen) atoms. The average molecular weight is 289 g/mol. The fourth-order valence-electron chi connectivity index (χ4n) is 3.71. The highest BCUT2D eigenvalue weighted by atomic mass is 16.5. The number of nitrogens with two attached hydrogens (primary N) is 1. The number of benzene rings is 1. The zero-order valence-corrected chi connectivity index (χ0v) is 13.7. The van der Waals surface area contributed by atoms with Crippen molar-refractivity contribution in [1.29, 1.82) is 0 Å². The Morgan fingerprint density at radius 2 is 1.86 bits per heavy atom. The van der Waals surface area contributed by atoms with Crippen molar-refractivity contribution >= 4 is 0 Å². The molecule has 0 aromatic heterocycles. The highest BCUT2D eigenvalue weighted by Gasteiger charge is 2.30. The first-order valence-corrected chi connectivity index (χ1v) is 8.71. The van der Waals surface area contributed by atoms with E-state index >= 15 is 0 Å². The summed E-state index contributed by atoms with van der Waals surface area (Å²) >= 11 is 0. The summed E-state index contributed by atoms with van der Waals surface area (Å²) in [7, 11) is 0. The van der Waals surface area contributed by atoms with Crippen LogP contribution in [-0.2, 0) is 0 Å². The first-order chi connectivity index (χ1) is 10.3. The van der Waals surface area contributed by atoms with Gasteiger partial charge in [-0.1, -0.05) is 45.2 Å². The second-order valence-corrected chi connectivity index (χ2v) is 6.49. The molecule has 1 aliphatic rings. The van der Waals surface area contributed by atoms with E-state index in [1.807, 2.05) is 0 Å². The fraction of sp³-hybridized carbons (Fsp3) is 0.684. The van der Waals surface area contributed by atoms with Crippen molar-refractivity contribution in [3.63, 3.8) is 0 Å². The Morgan fingerprint density at radius 3 is 2.48 bits per heavy atom. The second kappa shape index (κ2) is 8.43. The summed E-state index contributed by atoms with van der Waals surface area (Å²) in [6.45, 7) is 6.05. The van der Waals surface area contributed by atoms with Gasteiger partial charge >= 0.3 is 0 Å². The van der Waals surface area contributed by atoms with Crippen molar-refractivity contribution in [1.82, 2.24) is 0 Å². The molecule has 0 spiro atoms. The summed E-state index contributed by atoms with van der Waals surface area (Å²) in [5.74, 6) is 3.17. The predicted octanol–water partition coefficient (Wildman–Crippen LogP) is 4.73. The van der Waals surface area contributed by atoms with Gasteiger partial charge in [-0.3, -0.25) is 0 Å². The Bertz CT molecular complexity index is 401. The normalized spacial score (nSPS) is 25.8. The van der Waals surface area contributed by atoms with E-state index in [0.29, 0.717) is 11.8 Å². The largest absolute Gasteiger partial charge is 0.494 e. The van der Waals surface area contributed by atoms with Crippen LogP contribution < -0.4 is 10.5 Å². The monoisotopic (exact) mass is 289 g/mol. The maximum atomic E-state index is 6.02.